The van der Waals surface area contributed by atoms with E-state index in [-0.39, 0.29) is 5.56 Å². The summed E-state index contributed by atoms with van der Waals surface area (Å²) in [6.45, 7) is 0. The van der Waals surface area contributed by atoms with Crippen molar-refractivity contribution in [3.8, 4) is 11.5 Å². The molecule has 2 heterocycles. The lowest BCUT2D eigenvalue weighted by molar-refractivity contribution is 0.393. The zero-order chi connectivity index (χ0) is 16.7. The summed E-state index contributed by atoms with van der Waals surface area (Å²) in [5.74, 6) is 1.36. The van der Waals surface area contributed by atoms with Crippen molar-refractivity contribution >= 4 is 33.4 Å². The van der Waals surface area contributed by atoms with Gasteiger partial charge in [-0.2, -0.15) is 0 Å². The van der Waals surface area contributed by atoms with E-state index in [1.807, 2.05) is 42.5 Å². The van der Waals surface area contributed by atoms with Crippen molar-refractivity contribution in [2.24, 2.45) is 0 Å². The summed E-state index contributed by atoms with van der Waals surface area (Å²) in [7, 11) is 3.20. The van der Waals surface area contributed by atoms with Crippen molar-refractivity contribution in [1.82, 2.24) is 9.38 Å². The van der Waals surface area contributed by atoms with Gasteiger partial charge in [0.15, 0.2) is 4.96 Å². The average molecular weight is 338 g/mol. The largest absolute Gasteiger partial charge is 0.497 e. The molecule has 0 radical (unpaired) electrons. The van der Waals surface area contributed by atoms with Crippen LogP contribution in [-0.2, 0) is 0 Å². The van der Waals surface area contributed by atoms with Gasteiger partial charge < -0.3 is 9.47 Å². The first-order chi connectivity index (χ1) is 11.7. The van der Waals surface area contributed by atoms with Crippen molar-refractivity contribution in [3.63, 3.8) is 0 Å². The fourth-order valence-corrected chi connectivity index (χ4v) is 3.67. The number of aromatic nitrogens is 2. The Morgan fingerprint density at radius 1 is 1.12 bits per heavy atom. The molecule has 0 saturated heterocycles. The van der Waals surface area contributed by atoms with E-state index in [1.165, 1.54) is 11.3 Å². The predicted molar refractivity (Wildman–Crippen MR) is 95.2 cm³/mol. The standard InChI is InChI=1S/C18H14N2O3S/c1-22-12-8-7-11(15(10-12)23-2)9-16-17(21)20-14-6-4-3-5-13(14)19-18(20)24-16/h3-10H,1-2H3. The molecule has 0 aliphatic carbocycles. The maximum absolute atomic E-state index is 12.8. The van der Waals surface area contributed by atoms with Crippen molar-refractivity contribution in [2.45, 2.75) is 0 Å². The molecule has 0 spiro atoms. The van der Waals surface area contributed by atoms with E-state index in [9.17, 15) is 4.79 Å². The second-order valence-corrected chi connectivity index (χ2v) is 6.25. The van der Waals surface area contributed by atoms with Gasteiger partial charge in [0, 0.05) is 11.6 Å². The molecular formula is C18H14N2O3S. The summed E-state index contributed by atoms with van der Waals surface area (Å²) in [6.07, 6.45) is 1.83. The smallest absolute Gasteiger partial charge is 0.274 e. The van der Waals surface area contributed by atoms with Crippen LogP contribution in [0.1, 0.15) is 5.56 Å². The fraction of sp³-hybridized carbons (Fsp3) is 0.111. The number of thiazole rings is 1. The topological polar surface area (TPSA) is 52.8 Å². The van der Waals surface area contributed by atoms with Crippen molar-refractivity contribution in [1.29, 1.82) is 0 Å². The molecule has 24 heavy (non-hydrogen) atoms. The van der Waals surface area contributed by atoms with Crippen LogP contribution in [0.15, 0.2) is 47.3 Å². The number of rotatable bonds is 3. The summed E-state index contributed by atoms with van der Waals surface area (Å²) in [4.78, 5) is 18.0. The molecule has 2 aromatic carbocycles. The van der Waals surface area contributed by atoms with E-state index >= 15 is 0 Å². The zero-order valence-corrected chi connectivity index (χ0v) is 14.0. The van der Waals surface area contributed by atoms with Gasteiger partial charge in [0.05, 0.1) is 29.8 Å². The number of imidazole rings is 1. The maximum atomic E-state index is 12.8. The Hall–Kier alpha value is -2.86. The highest BCUT2D eigenvalue weighted by Crippen LogP contribution is 2.25. The molecule has 0 aliphatic heterocycles. The van der Waals surface area contributed by atoms with Crippen LogP contribution in [0.2, 0.25) is 0 Å². The first-order valence-corrected chi connectivity index (χ1v) is 8.16. The van der Waals surface area contributed by atoms with E-state index in [1.54, 1.807) is 24.7 Å². The van der Waals surface area contributed by atoms with Gasteiger partial charge in [-0.05, 0) is 30.3 Å². The molecule has 0 atom stereocenters. The van der Waals surface area contributed by atoms with Gasteiger partial charge in [0.2, 0.25) is 0 Å². The second kappa shape index (κ2) is 5.65. The highest BCUT2D eigenvalue weighted by Gasteiger charge is 2.11. The molecule has 2 aromatic heterocycles. The molecule has 0 bridgehead atoms. The summed E-state index contributed by atoms with van der Waals surface area (Å²) >= 11 is 1.37. The van der Waals surface area contributed by atoms with Crippen LogP contribution in [0, 0.1) is 0 Å². The van der Waals surface area contributed by atoms with E-state index < -0.39 is 0 Å². The molecule has 120 valence electrons. The van der Waals surface area contributed by atoms with Gasteiger partial charge in [-0.1, -0.05) is 23.5 Å². The lowest BCUT2D eigenvalue weighted by Gasteiger charge is -2.06. The van der Waals surface area contributed by atoms with Crippen LogP contribution in [0.3, 0.4) is 0 Å². The van der Waals surface area contributed by atoms with Crippen LogP contribution in [0.25, 0.3) is 22.1 Å². The molecule has 0 amide bonds. The van der Waals surface area contributed by atoms with E-state index in [0.29, 0.717) is 21.0 Å². The number of para-hydroxylation sites is 2. The summed E-state index contributed by atoms with van der Waals surface area (Å²) in [5.41, 5.74) is 2.41. The summed E-state index contributed by atoms with van der Waals surface area (Å²) in [5, 5.41) is 0. The lowest BCUT2D eigenvalue weighted by Crippen LogP contribution is -2.22. The van der Waals surface area contributed by atoms with E-state index in [4.69, 9.17) is 9.47 Å². The SMILES string of the molecule is COc1ccc(C=c2sc3nc4ccccc4n3c2=O)c(OC)c1. The molecule has 0 fully saturated rings. The summed E-state index contributed by atoms with van der Waals surface area (Å²) < 4.78 is 12.9. The highest BCUT2D eigenvalue weighted by molar-refractivity contribution is 7.15. The molecule has 4 rings (SSSR count). The van der Waals surface area contributed by atoms with Crippen LogP contribution >= 0.6 is 11.3 Å². The van der Waals surface area contributed by atoms with Crippen molar-refractivity contribution in [3.05, 3.63) is 62.9 Å². The number of benzene rings is 2. The third-order valence-corrected chi connectivity index (χ3v) is 4.84. The Bertz CT molecular complexity index is 1160. The average Bonchev–Trinajstić information content (AvgIpc) is 3.12. The quantitative estimate of drug-likeness (QED) is 0.576. The van der Waals surface area contributed by atoms with E-state index in [2.05, 4.69) is 4.98 Å². The third kappa shape index (κ3) is 2.23. The number of hydrogen-bond donors (Lipinski definition) is 0. The summed E-state index contributed by atoms with van der Waals surface area (Å²) in [6, 6.07) is 13.1. The Labute approximate surface area is 141 Å². The minimum absolute atomic E-state index is 0.0680. The Morgan fingerprint density at radius 3 is 2.75 bits per heavy atom. The highest BCUT2D eigenvalue weighted by atomic mass is 32.1. The van der Waals surface area contributed by atoms with Gasteiger partial charge in [-0.25, -0.2) is 9.38 Å². The molecule has 6 heteroatoms. The van der Waals surface area contributed by atoms with Gasteiger partial charge >= 0.3 is 0 Å². The molecule has 0 unspecified atom stereocenters. The van der Waals surface area contributed by atoms with Gasteiger partial charge in [0.1, 0.15) is 11.5 Å². The normalized spacial score (nSPS) is 12.2. The number of methoxy groups -OCH3 is 2. The molecular weight excluding hydrogens is 324 g/mol. The van der Waals surface area contributed by atoms with Gasteiger partial charge in [0.25, 0.3) is 5.56 Å². The monoisotopic (exact) mass is 338 g/mol. The molecule has 4 aromatic rings. The number of hydrogen-bond acceptors (Lipinski definition) is 5. The first kappa shape index (κ1) is 14.7. The van der Waals surface area contributed by atoms with Crippen LogP contribution in [0.5, 0.6) is 11.5 Å². The van der Waals surface area contributed by atoms with Crippen LogP contribution in [0.4, 0.5) is 0 Å². The first-order valence-electron chi connectivity index (χ1n) is 7.35. The zero-order valence-electron chi connectivity index (χ0n) is 13.1. The van der Waals surface area contributed by atoms with Gasteiger partial charge in [-0.15, -0.1) is 0 Å². The van der Waals surface area contributed by atoms with Crippen LogP contribution < -0.4 is 19.6 Å². The fourth-order valence-electron chi connectivity index (χ4n) is 2.69. The molecule has 0 saturated carbocycles. The Morgan fingerprint density at radius 2 is 1.96 bits per heavy atom. The third-order valence-electron chi connectivity index (χ3n) is 3.87. The predicted octanol–water partition coefficient (Wildman–Crippen LogP) is 2.47. The number of ether oxygens (including phenoxy) is 2. The lowest BCUT2D eigenvalue weighted by atomic mass is 10.2. The van der Waals surface area contributed by atoms with Crippen LogP contribution in [-0.4, -0.2) is 23.6 Å². The van der Waals surface area contributed by atoms with Crippen molar-refractivity contribution < 1.29 is 9.47 Å². The molecule has 0 N–H and O–H groups in total. The minimum Gasteiger partial charge on any atom is -0.497 e. The maximum Gasteiger partial charge on any atom is 0.274 e. The Kier molecular flexibility index (Phi) is 3.46. The number of fused-ring (bicyclic) bond motifs is 3. The Balaban J connectivity index is 1.95. The van der Waals surface area contributed by atoms with Gasteiger partial charge in [-0.3, -0.25) is 4.79 Å². The molecule has 0 aliphatic rings. The number of nitrogens with zero attached hydrogens (tertiary/aromatic N) is 2. The second-order valence-electron chi connectivity index (χ2n) is 5.24. The minimum atomic E-state index is -0.0680. The van der Waals surface area contributed by atoms with Crippen molar-refractivity contribution in [2.75, 3.05) is 14.2 Å². The molecule has 5 nitrogen and oxygen atoms in total. The van der Waals surface area contributed by atoms with E-state index in [0.717, 1.165) is 16.6 Å².